The first-order valence-corrected chi connectivity index (χ1v) is 14.2. The Hall–Kier alpha value is -3.12. The van der Waals surface area contributed by atoms with Gasteiger partial charge in [0.15, 0.2) is 0 Å². The maximum Gasteiger partial charge on any atom is 0.513 e. The molecule has 12 heteroatoms. The van der Waals surface area contributed by atoms with Gasteiger partial charge in [-0.1, -0.05) is 6.42 Å². The summed E-state index contributed by atoms with van der Waals surface area (Å²) in [5, 5.41) is 2.50. The molecule has 1 heterocycles. The summed E-state index contributed by atoms with van der Waals surface area (Å²) in [6, 6.07) is 3.55. The van der Waals surface area contributed by atoms with Crippen LogP contribution in [0.5, 0.6) is 5.75 Å². The molecule has 1 N–H and O–H groups in total. The van der Waals surface area contributed by atoms with Crippen molar-refractivity contribution in [1.29, 1.82) is 0 Å². The number of thioether (sulfide) groups is 1. The number of carbonyl (C=O) groups is 5. The zero-order valence-electron chi connectivity index (χ0n) is 23.0. The van der Waals surface area contributed by atoms with Crippen molar-refractivity contribution in [1.82, 2.24) is 10.2 Å². The van der Waals surface area contributed by atoms with Crippen LogP contribution in [0.15, 0.2) is 12.1 Å². The maximum atomic E-state index is 12.1. The number of hydrogen-bond acceptors (Lipinski definition) is 10. The van der Waals surface area contributed by atoms with Gasteiger partial charge in [0, 0.05) is 32.9 Å². The number of imide groups is 1. The number of likely N-dealkylation sites (tertiary alicyclic amines) is 1. The maximum absolute atomic E-state index is 12.1. The van der Waals surface area contributed by atoms with Crippen LogP contribution in [-0.2, 0) is 40.0 Å². The minimum atomic E-state index is -0.853. The van der Waals surface area contributed by atoms with E-state index in [0.29, 0.717) is 49.2 Å². The topological polar surface area (TPSA) is 138 Å². The van der Waals surface area contributed by atoms with Crippen molar-refractivity contribution in [2.75, 3.05) is 39.2 Å². The minimum Gasteiger partial charge on any atom is -0.461 e. The van der Waals surface area contributed by atoms with Gasteiger partial charge in [0.05, 0.1) is 18.5 Å². The third kappa shape index (κ3) is 11.3. The third-order valence-corrected chi connectivity index (χ3v) is 6.87. The highest BCUT2D eigenvalue weighted by molar-refractivity contribution is 8.00. The van der Waals surface area contributed by atoms with E-state index in [0.717, 1.165) is 12.0 Å². The predicted octanol–water partition coefficient (Wildman–Crippen LogP) is 3.07. The van der Waals surface area contributed by atoms with Gasteiger partial charge in [0.25, 0.3) is 0 Å². The van der Waals surface area contributed by atoms with Gasteiger partial charge in [-0.2, -0.15) is 11.8 Å². The Morgan fingerprint density at radius 2 is 1.74 bits per heavy atom. The van der Waals surface area contributed by atoms with Gasteiger partial charge in [-0.3, -0.25) is 24.1 Å². The summed E-state index contributed by atoms with van der Waals surface area (Å²) in [4.78, 5) is 60.2. The molecule has 1 aromatic carbocycles. The first kappa shape index (κ1) is 32.1. The van der Waals surface area contributed by atoms with Crippen molar-refractivity contribution in [2.45, 2.75) is 64.7 Å². The standard InChI is InChI=1S/C27H38N2O9S/c1-18-14-21(17-37-20(3)30)15-19(2)25(18)38-27(34)36-13-12-35-11-9-28-23(31)8-6-5-7-10-29-24(32)16-22(39-4)26(29)33/h14-15,22H,5-13,16-17H2,1-4H3,(H,28,31). The van der Waals surface area contributed by atoms with Crippen LogP contribution in [-0.4, -0.2) is 79.2 Å². The van der Waals surface area contributed by atoms with Crippen molar-refractivity contribution in [3.8, 4) is 5.75 Å². The Labute approximate surface area is 233 Å². The van der Waals surface area contributed by atoms with Gasteiger partial charge < -0.3 is 24.3 Å². The number of aryl methyl sites for hydroxylation is 2. The van der Waals surface area contributed by atoms with Crippen molar-refractivity contribution in [2.24, 2.45) is 0 Å². The average molecular weight is 567 g/mol. The van der Waals surface area contributed by atoms with Crippen molar-refractivity contribution >= 4 is 41.6 Å². The van der Waals surface area contributed by atoms with Crippen LogP contribution in [0.3, 0.4) is 0 Å². The molecule has 0 aromatic heterocycles. The number of ether oxygens (including phenoxy) is 4. The molecule has 0 saturated carbocycles. The van der Waals surface area contributed by atoms with E-state index in [1.807, 2.05) is 6.26 Å². The Morgan fingerprint density at radius 3 is 2.38 bits per heavy atom. The quantitative estimate of drug-likeness (QED) is 0.138. The molecule has 2 rings (SSSR count). The molecule has 216 valence electrons. The van der Waals surface area contributed by atoms with Crippen LogP contribution in [0.4, 0.5) is 4.79 Å². The van der Waals surface area contributed by atoms with E-state index in [2.05, 4.69) is 5.32 Å². The summed E-state index contributed by atoms with van der Waals surface area (Å²) in [6.07, 6.45) is 3.69. The summed E-state index contributed by atoms with van der Waals surface area (Å²) in [5.41, 5.74) is 2.21. The van der Waals surface area contributed by atoms with E-state index >= 15 is 0 Å². The number of rotatable bonds is 16. The summed E-state index contributed by atoms with van der Waals surface area (Å²) in [5.74, 6) is -0.311. The smallest absolute Gasteiger partial charge is 0.461 e. The van der Waals surface area contributed by atoms with Gasteiger partial charge >= 0.3 is 12.1 Å². The van der Waals surface area contributed by atoms with Crippen molar-refractivity contribution in [3.63, 3.8) is 0 Å². The molecule has 1 aliphatic rings. The third-order valence-electron chi connectivity index (χ3n) is 5.94. The van der Waals surface area contributed by atoms with Crippen molar-refractivity contribution in [3.05, 3.63) is 28.8 Å². The zero-order valence-corrected chi connectivity index (χ0v) is 23.9. The Kier molecular flexibility index (Phi) is 13.8. The Balaban J connectivity index is 1.50. The largest absolute Gasteiger partial charge is 0.513 e. The summed E-state index contributed by atoms with van der Waals surface area (Å²) in [7, 11) is 0. The van der Waals surface area contributed by atoms with Crippen molar-refractivity contribution < 1.29 is 42.9 Å². The average Bonchev–Trinajstić information content (AvgIpc) is 3.16. The molecule has 1 atom stereocenters. The van der Waals surface area contributed by atoms with Crippen LogP contribution in [0, 0.1) is 13.8 Å². The molecule has 1 unspecified atom stereocenters. The molecular weight excluding hydrogens is 528 g/mol. The fourth-order valence-electron chi connectivity index (χ4n) is 4.02. The van der Waals surface area contributed by atoms with Crippen LogP contribution in [0.2, 0.25) is 0 Å². The molecule has 1 aliphatic heterocycles. The second-order valence-electron chi connectivity index (χ2n) is 9.12. The van der Waals surface area contributed by atoms with Crippen LogP contribution < -0.4 is 10.1 Å². The fraction of sp³-hybridized carbons (Fsp3) is 0.593. The van der Waals surface area contributed by atoms with E-state index in [4.69, 9.17) is 18.9 Å². The lowest BCUT2D eigenvalue weighted by atomic mass is 10.1. The molecule has 3 amide bonds. The van der Waals surface area contributed by atoms with Gasteiger partial charge in [-0.15, -0.1) is 0 Å². The van der Waals surface area contributed by atoms with Crippen LogP contribution in [0.1, 0.15) is 55.7 Å². The van der Waals surface area contributed by atoms with Gasteiger partial charge in [-0.25, -0.2) is 4.79 Å². The number of nitrogens with zero attached hydrogens (tertiary/aromatic N) is 1. The summed E-state index contributed by atoms with van der Waals surface area (Å²) >= 11 is 1.40. The molecular formula is C27H38N2O9S. The zero-order chi connectivity index (χ0) is 28.8. The summed E-state index contributed by atoms with van der Waals surface area (Å²) in [6.45, 7) is 6.19. The fourth-order valence-corrected chi connectivity index (χ4v) is 4.66. The first-order chi connectivity index (χ1) is 18.6. The molecule has 1 fully saturated rings. The molecule has 1 aromatic rings. The Bertz CT molecular complexity index is 1010. The number of unbranched alkanes of at least 4 members (excludes halogenated alkanes) is 2. The molecule has 0 bridgehead atoms. The number of nitrogens with one attached hydrogen (secondary N) is 1. The Morgan fingerprint density at radius 1 is 1.03 bits per heavy atom. The predicted molar refractivity (Wildman–Crippen MR) is 144 cm³/mol. The van der Waals surface area contributed by atoms with Gasteiger partial charge in [0.2, 0.25) is 17.7 Å². The second kappa shape index (κ2) is 16.8. The van der Waals surface area contributed by atoms with Crippen LogP contribution >= 0.6 is 11.8 Å². The van der Waals surface area contributed by atoms with E-state index in [1.165, 1.54) is 23.6 Å². The van der Waals surface area contributed by atoms with E-state index in [9.17, 15) is 24.0 Å². The number of benzene rings is 1. The number of esters is 1. The van der Waals surface area contributed by atoms with Gasteiger partial charge in [0.1, 0.15) is 19.0 Å². The number of amides is 3. The number of hydrogen-bond donors (Lipinski definition) is 1. The van der Waals surface area contributed by atoms with Crippen LogP contribution in [0.25, 0.3) is 0 Å². The number of carbonyl (C=O) groups excluding carboxylic acids is 5. The summed E-state index contributed by atoms with van der Waals surface area (Å²) < 4.78 is 20.7. The second-order valence-corrected chi connectivity index (χ2v) is 10.2. The highest BCUT2D eigenvalue weighted by atomic mass is 32.2. The van der Waals surface area contributed by atoms with E-state index in [-0.39, 0.29) is 61.8 Å². The molecule has 11 nitrogen and oxygen atoms in total. The molecule has 39 heavy (non-hydrogen) atoms. The highest BCUT2D eigenvalue weighted by Gasteiger charge is 2.37. The van der Waals surface area contributed by atoms with E-state index in [1.54, 1.807) is 26.0 Å². The van der Waals surface area contributed by atoms with Gasteiger partial charge in [-0.05, 0) is 61.8 Å². The minimum absolute atomic E-state index is 0.00484. The molecule has 0 aliphatic carbocycles. The lowest BCUT2D eigenvalue weighted by Crippen LogP contribution is -2.32. The molecule has 1 saturated heterocycles. The van der Waals surface area contributed by atoms with E-state index < -0.39 is 6.16 Å². The first-order valence-electron chi connectivity index (χ1n) is 12.9. The highest BCUT2D eigenvalue weighted by Crippen LogP contribution is 2.26. The molecule has 0 spiro atoms. The SMILES string of the molecule is CSC1CC(=O)N(CCCCCC(=O)NCCOCCOC(=O)Oc2c(C)cc(COC(C)=O)cc2C)C1=O. The molecule has 0 radical (unpaired) electrons. The normalized spacial score (nSPS) is 14.9. The monoisotopic (exact) mass is 566 g/mol. The lowest BCUT2D eigenvalue weighted by molar-refractivity contribution is -0.142. The lowest BCUT2D eigenvalue weighted by Gasteiger charge is -2.14.